The average Bonchev–Trinajstić information content (AvgIpc) is 2.85. The number of carbonyl (C=O) groups excluding carboxylic acids is 1. The molecule has 1 heterocycles. The van der Waals surface area contributed by atoms with Crippen LogP contribution in [0.2, 0.25) is 5.02 Å². The Kier molecular flexibility index (Phi) is 5.67. The van der Waals surface area contributed by atoms with Crippen molar-refractivity contribution in [1.29, 1.82) is 0 Å². The van der Waals surface area contributed by atoms with Crippen LogP contribution in [0.1, 0.15) is 47.1 Å². The van der Waals surface area contributed by atoms with Crippen LogP contribution in [0.4, 0.5) is 0 Å². The summed E-state index contributed by atoms with van der Waals surface area (Å²) in [6.07, 6.45) is 1.06. The maximum Gasteiger partial charge on any atom is 0.311 e. The summed E-state index contributed by atoms with van der Waals surface area (Å²) in [5.74, 6) is -1.16. The lowest BCUT2D eigenvalue weighted by Crippen LogP contribution is -2.32. The Morgan fingerprint density at radius 3 is 2.54 bits per heavy atom. The van der Waals surface area contributed by atoms with Gasteiger partial charge in [-0.15, -0.1) is 0 Å². The van der Waals surface area contributed by atoms with Crippen LogP contribution >= 0.6 is 11.6 Å². The number of carbonyl (C=O) groups is 2. The molecule has 0 radical (unpaired) electrons. The molecule has 2 rings (SSSR count). The minimum absolute atomic E-state index is 0.101. The molecular formula is C18H20ClNO4. The Labute approximate surface area is 145 Å². The van der Waals surface area contributed by atoms with Crippen LogP contribution in [-0.2, 0) is 11.2 Å². The summed E-state index contributed by atoms with van der Waals surface area (Å²) in [7, 11) is 0. The first-order valence-electron chi connectivity index (χ1n) is 7.65. The van der Waals surface area contributed by atoms with Gasteiger partial charge in [-0.3, -0.25) is 9.59 Å². The monoisotopic (exact) mass is 349 g/mol. The molecule has 0 bridgehead atoms. The summed E-state index contributed by atoms with van der Waals surface area (Å²) < 4.78 is 5.23. The number of benzene rings is 1. The maximum atomic E-state index is 12.7. The first kappa shape index (κ1) is 18.1. The highest BCUT2D eigenvalue weighted by atomic mass is 35.5. The third kappa shape index (κ3) is 3.97. The molecule has 0 fully saturated rings. The fourth-order valence-electron chi connectivity index (χ4n) is 2.61. The number of carboxylic acid groups (broad SMARTS) is 1. The van der Waals surface area contributed by atoms with Crippen LogP contribution in [-0.4, -0.2) is 17.0 Å². The van der Waals surface area contributed by atoms with Gasteiger partial charge in [-0.1, -0.05) is 43.6 Å². The molecule has 1 amide bonds. The van der Waals surface area contributed by atoms with E-state index in [1.165, 1.54) is 6.26 Å². The summed E-state index contributed by atoms with van der Waals surface area (Å²) >= 11 is 6.26. The van der Waals surface area contributed by atoms with Gasteiger partial charge in [0, 0.05) is 10.6 Å². The topological polar surface area (TPSA) is 79.5 Å². The molecule has 1 atom stereocenters. The number of hydrogen-bond donors (Lipinski definition) is 2. The number of aliphatic carboxylic acids is 1. The summed E-state index contributed by atoms with van der Waals surface area (Å²) in [5, 5.41) is 12.5. The molecule has 128 valence electrons. The number of aryl methyl sites for hydroxylation is 1. The molecule has 0 aliphatic heterocycles. The molecule has 2 N–H and O–H groups in total. The van der Waals surface area contributed by atoms with Crippen molar-refractivity contribution in [2.24, 2.45) is 5.92 Å². The van der Waals surface area contributed by atoms with E-state index in [2.05, 4.69) is 5.32 Å². The van der Waals surface area contributed by atoms with E-state index >= 15 is 0 Å². The third-order valence-corrected chi connectivity index (χ3v) is 4.13. The number of rotatable bonds is 6. The van der Waals surface area contributed by atoms with E-state index in [1.807, 2.05) is 32.0 Å². The van der Waals surface area contributed by atoms with Crippen molar-refractivity contribution in [2.45, 2.75) is 33.2 Å². The highest BCUT2D eigenvalue weighted by Gasteiger charge is 2.25. The lowest BCUT2D eigenvalue weighted by Gasteiger charge is -2.24. The minimum atomic E-state index is -1.05. The lowest BCUT2D eigenvalue weighted by atomic mass is 9.95. The third-order valence-electron chi connectivity index (χ3n) is 3.78. The van der Waals surface area contributed by atoms with Crippen molar-refractivity contribution in [1.82, 2.24) is 5.32 Å². The van der Waals surface area contributed by atoms with Gasteiger partial charge in [0.2, 0.25) is 0 Å². The van der Waals surface area contributed by atoms with E-state index in [9.17, 15) is 9.59 Å². The quantitative estimate of drug-likeness (QED) is 0.826. The fraction of sp³-hybridized carbons (Fsp3) is 0.333. The second-order valence-corrected chi connectivity index (χ2v) is 6.41. The van der Waals surface area contributed by atoms with E-state index in [-0.39, 0.29) is 35.6 Å². The van der Waals surface area contributed by atoms with Gasteiger partial charge < -0.3 is 14.8 Å². The van der Waals surface area contributed by atoms with Gasteiger partial charge in [-0.2, -0.15) is 0 Å². The minimum Gasteiger partial charge on any atom is -0.481 e. The zero-order chi connectivity index (χ0) is 17.9. The van der Waals surface area contributed by atoms with Crippen molar-refractivity contribution < 1.29 is 19.1 Å². The molecule has 24 heavy (non-hydrogen) atoms. The molecule has 5 nitrogen and oxygen atoms in total. The average molecular weight is 350 g/mol. The summed E-state index contributed by atoms with van der Waals surface area (Å²) in [6.45, 7) is 5.67. The van der Waals surface area contributed by atoms with Gasteiger partial charge >= 0.3 is 5.97 Å². The summed E-state index contributed by atoms with van der Waals surface area (Å²) in [5.41, 5.74) is 1.70. The first-order chi connectivity index (χ1) is 11.3. The molecule has 0 saturated carbocycles. The number of nitrogens with one attached hydrogen (secondary N) is 1. The Morgan fingerprint density at radius 2 is 1.96 bits per heavy atom. The van der Waals surface area contributed by atoms with Crippen molar-refractivity contribution in [2.75, 3.05) is 0 Å². The second kappa shape index (κ2) is 7.53. The predicted octanol–water partition coefficient (Wildman–Crippen LogP) is 4.00. The predicted molar refractivity (Wildman–Crippen MR) is 91.3 cm³/mol. The van der Waals surface area contributed by atoms with E-state index in [1.54, 1.807) is 13.0 Å². The molecule has 0 saturated heterocycles. The molecule has 0 spiro atoms. The zero-order valence-corrected chi connectivity index (χ0v) is 14.6. The van der Waals surface area contributed by atoms with Crippen LogP contribution in [0.3, 0.4) is 0 Å². The number of amides is 1. The number of carboxylic acids is 1. The van der Waals surface area contributed by atoms with Crippen LogP contribution < -0.4 is 5.32 Å². The highest BCUT2D eigenvalue weighted by Crippen LogP contribution is 2.29. The van der Waals surface area contributed by atoms with Crippen molar-refractivity contribution in [3.05, 3.63) is 58.0 Å². The van der Waals surface area contributed by atoms with E-state index < -0.39 is 5.97 Å². The molecule has 0 aliphatic carbocycles. The summed E-state index contributed by atoms with van der Waals surface area (Å²) in [6, 6.07) is 7.04. The van der Waals surface area contributed by atoms with Gasteiger partial charge in [-0.05, 0) is 24.5 Å². The van der Waals surface area contributed by atoms with E-state index in [0.717, 1.165) is 5.56 Å². The normalized spacial score (nSPS) is 12.2. The second-order valence-electron chi connectivity index (χ2n) is 6.00. The van der Waals surface area contributed by atoms with Crippen molar-refractivity contribution in [3.63, 3.8) is 0 Å². The van der Waals surface area contributed by atoms with Crippen molar-refractivity contribution >= 4 is 23.5 Å². The van der Waals surface area contributed by atoms with E-state index in [0.29, 0.717) is 10.6 Å². The fourth-order valence-corrected chi connectivity index (χ4v) is 2.87. The van der Waals surface area contributed by atoms with Gasteiger partial charge in [0.25, 0.3) is 5.91 Å². The number of hydrogen-bond acceptors (Lipinski definition) is 3. The van der Waals surface area contributed by atoms with Crippen LogP contribution in [0.15, 0.2) is 34.9 Å². The standard InChI is InChI=1S/C18H20ClNO4/c1-10(2)17(12-6-4-5-7-13(12)19)20-18(23)16-11(3)9-24-14(16)8-15(21)22/h4-7,9-10,17H,8H2,1-3H3,(H,20,23)(H,21,22). The van der Waals surface area contributed by atoms with Gasteiger partial charge in [0.15, 0.2) is 0 Å². The molecule has 1 aromatic heterocycles. The largest absolute Gasteiger partial charge is 0.481 e. The number of halogens is 1. The first-order valence-corrected chi connectivity index (χ1v) is 8.03. The Bertz CT molecular complexity index is 751. The van der Waals surface area contributed by atoms with E-state index in [4.69, 9.17) is 21.1 Å². The molecule has 2 aromatic rings. The maximum absolute atomic E-state index is 12.7. The highest BCUT2D eigenvalue weighted by molar-refractivity contribution is 6.31. The molecular weight excluding hydrogens is 330 g/mol. The summed E-state index contributed by atoms with van der Waals surface area (Å²) in [4.78, 5) is 23.7. The van der Waals surface area contributed by atoms with Gasteiger partial charge in [0.05, 0.1) is 17.9 Å². The molecule has 0 aliphatic rings. The Balaban J connectivity index is 2.31. The van der Waals surface area contributed by atoms with Crippen LogP contribution in [0.5, 0.6) is 0 Å². The van der Waals surface area contributed by atoms with Crippen LogP contribution in [0.25, 0.3) is 0 Å². The smallest absolute Gasteiger partial charge is 0.311 e. The molecule has 6 heteroatoms. The SMILES string of the molecule is Cc1coc(CC(=O)O)c1C(=O)NC(c1ccccc1Cl)C(C)C. The van der Waals surface area contributed by atoms with Crippen LogP contribution in [0, 0.1) is 12.8 Å². The lowest BCUT2D eigenvalue weighted by molar-refractivity contribution is -0.136. The van der Waals surface area contributed by atoms with Crippen molar-refractivity contribution in [3.8, 4) is 0 Å². The Morgan fingerprint density at radius 1 is 1.29 bits per heavy atom. The van der Waals surface area contributed by atoms with Gasteiger partial charge in [0.1, 0.15) is 12.2 Å². The zero-order valence-electron chi connectivity index (χ0n) is 13.8. The number of furan rings is 1. The molecule has 1 unspecified atom stereocenters. The molecule has 1 aromatic carbocycles. The van der Waals surface area contributed by atoms with Gasteiger partial charge in [-0.25, -0.2) is 0 Å². The Hall–Kier alpha value is -2.27.